The van der Waals surface area contributed by atoms with Gasteiger partial charge in [0.05, 0.1) is 12.0 Å². The Morgan fingerprint density at radius 1 is 1.03 bits per heavy atom. The van der Waals surface area contributed by atoms with Gasteiger partial charge in [0.1, 0.15) is 11.4 Å². The lowest BCUT2D eigenvalue weighted by atomic mass is 10.2. The molecule has 0 saturated carbocycles. The van der Waals surface area contributed by atoms with Crippen LogP contribution in [-0.2, 0) is 19.7 Å². The Morgan fingerprint density at radius 3 is 2.41 bits per heavy atom. The van der Waals surface area contributed by atoms with E-state index in [0.29, 0.717) is 28.0 Å². The zero-order valence-corrected chi connectivity index (χ0v) is 21.6. The summed E-state index contributed by atoms with van der Waals surface area (Å²) in [5, 5.41) is 2.51. The summed E-state index contributed by atoms with van der Waals surface area (Å²) in [6.07, 6.45) is 1.44. The third-order valence-corrected chi connectivity index (χ3v) is 7.43. The van der Waals surface area contributed by atoms with Crippen molar-refractivity contribution in [2.24, 2.45) is 0 Å². The Morgan fingerprint density at radius 2 is 1.73 bits per heavy atom. The van der Waals surface area contributed by atoms with Crippen molar-refractivity contribution in [3.8, 4) is 11.5 Å². The summed E-state index contributed by atoms with van der Waals surface area (Å²) < 4.78 is 35.6. The maximum absolute atomic E-state index is 12.8. The molecule has 1 fully saturated rings. The van der Waals surface area contributed by atoms with E-state index in [2.05, 4.69) is 5.32 Å². The smallest absolute Gasteiger partial charge is 0.339 e. The molecule has 3 aromatic carbocycles. The number of carbonyl (C=O) groups excluding carboxylic acids is 3. The zero-order valence-electron chi connectivity index (χ0n) is 19.2. The monoisotopic (exact) mass is 558 g/mol. The van der Waals surface area contributed by atoms with E-state index >= 15 is 0 Å². The van der Waals surface area contributed by atoms with Crippen LogP contribution in [0.15, 0.2) is 82.6 Å². The largest absolute Gasteiger partial charge is 0.493 e. The third kappa shape index (κ3) is 6.31. The van der Waals surface area contributed by atoms with E-state index in [4.69, 9.17) is 20.5 Å². The van der Waals surface area contributed by atoms with Gasteiger partial charge in [0, 0.05) is 10.7 Å². The molecular weight excluding hydrogens is 540 g/mol. The molecule has 1 aliphatic rings. The highest BCUT2D eigenvalue weighted by Crippen LogP contribution is 2.35. The summed E-state index contributed by atoms with van der Waals surface area (Å²) in [7, 11) is -2.75. The van der Waals surface area contributed by atoms with Crippen molar-refractivity contribution >= 4 is 62.3 Å². The third-order valence-electron chi connectivity index (χ3n) is 5.02. The van der Waals surface area contributed by atoms with E-state index in [1.54, 1.807) is 42.5 Å². The molecule has 1 heterocycles. The van der Waals surface area contributed by atoms with Gasteiger partial charge in [-0.15, -0.1) is 0 Å². The first-order valence-corrected chi connectivity index (χ1v) is 13.2. The molecule has 0 aromatic heterocycles. The molecule has 1 aliphatic heterocycles. The number of hydrogen-bond acceptors (Lipinski definition) is 8. The summed E-state index contributed by atoms with van der Waals surface area (Å²) >= 11 is 6.51. The average molecular weight is 559 g/mol. The lowest BCUT2D eigenvalue weighted by Crippen LogP contribution is -2.36. The highest BCUT2D eigenvalue weighted by molar-refractivity contribution is 8.18. The van der Waals surface area contributed by atoms with E-state index in [-0.39, 0.29) is 21.3 Å². The predicted molar refractivity (Wildman–Crippen MR) is 140 cm³/mol. The topological polar surface area (TPSA) is 119 Å². The quantitative estimate of drug-likeness (QED) is 0.309. The van der Waals surface area contributed by atoms with E-state index in [1.165, 1.54) is 43.5 Å². The Hall–Kier alpha value is -3.80. The number of carbonyl (C=O) groups is 3. The van der Waals surface area contributed by atoms with Crippen LogP contribution in [0, 0.1) is 0 Å². The molecular formula is C25H19ClN2O7S2. The van der Waals surface area contributed by atoms with E-state index in [1.807, 2.05) is 0 Å². The lowest BCUT2D eigenvalue weighted by molar-refractivity contribution is -0.127. The Balaban J connectivity index is 1.48. The minimum absolute atomic E-state index is 0.0186. The summed E-state index contributed by atoms with van der Waals surface area (Å²) in [5.41, 5.74) is 0.929. The van der Waals surface area contributed by atoms with Crippen LogP contribution in [0.4, 0.5) is 10.5 Å². The van der Waals surface area contributed by atoms with Crippen molar-refractivity contribution in [1.29, 1.82) is 0 Å². The number of halogens is 1. The van der Waals surface area contributed by atoms with Crippen molar-refractivity contribution < 1.29 is 31.7 Å². The molecule has 0 spiro atoms. The molecule has 0 radical (unpaired) electrons. The van der Waals surface area contributed by atoms with Crippen LogP contribution in [0.1, 0.15) is 5.56 Å². The van der Waals surface area contributed by atoms with Crippen LogP contribution in [0.2, 0.25) is 5.02 Å². The van der Waals surface area contributed by atoms with Gasteiger partial charge in [0.25, 0.3) is 11.1 Å². The Kier molecular flexibility index (Phi) is 7.86. The van der Waals surface area contributed by atoms with Gasteiger partial charge in [-0.2, -0.15) is 8.42 Å². The molecule has 3 amide bonds. The molecule has 0 bridgehead atoms. The Labute approximate surface area is 222 Å². The second-order valence-electron chi connectivity index (χ2n) is 7.58. The van der Waals surface area contributed by atoms with Crippen LogP contribution in [0.5, 0.6) is 11.5 Å². The number of hydrogen-bond donors (Lipinski definition) is 1. The first-order valence-electron chi connectivity index (χ1n) is 10.6. The molecule has 12 heteroatoms. The van der Waals surface area contributed by atoms with Crippen molar-refractivity contribution in [2.75, 3.05) is 19.0 Å². The summed E-state index contributed by atoms with van der Waals surface area (Å²) in [5.74, 6) is -1.12. The number of rotatable bonds is 8. The van der Waals surface area contributed by atoms with Gasteiger partial charge in [0.15, 0.2) is 11.5 Å². The molecule has 1 saturated heterocycles. The van der Waals surface area contributed by atoms with Crippen LogP contribution in [-0.4, -0.2) is 44.0 Å². The normalized spacial score (nSPS) is 14.6. The van der Waals surface area contributed by atoms with Gasteiger partial charge >= 0.3 is 10.1 Å². The van der Waals surface area contributed by atoms with Crippen molar-refractivity contribution in [3.63, 3.8) is 0 Å². The van der Waals surface area contributed by atoms with Gasteiger partial charge in [-0.25, -0.2) is 0 Å². The SMILES string of the molecule is COc1cc(/C=C2\SC(=O)N(CC(=O)Nc3ccc(Cl)cc3)C2=O)ccc1OS(=O)(=O)c1ccccc1. The van der Waals surface area contributed by atoms with E-state index in [9.17, 15) is 22.8 Å². The second-order valence-corrected chi connectivity index (χ2v) is 10.6. The minimum atomic E-state index is -4.09. The highest BCUT2D eigenvalue weighted by Gasteiger charge is 2.36. The molecule has 0 aliphatic carbocycles. The number of thioether (sulfide) groups is 1. The molecule has 3 aromatic rings. The maximum atomic E-state index is 12.8. The van der Waals surface area contributed by atoms with Crippen molar-refractivity contribution in [1.82, 2.24) is 4.90 Å². The molecule has 1 N–H and O–H groups in total. The maximum Gasteiger partial charge on any atom is 0.339 e. The molecule has 9 nitrogen and oxygen atoms in total. The summed E-state index contributed by atoms with van der Waals surface area (Å²) in [6.45, 7) is -0.460. The molecule has 0 unspecified atom stereocenters. The fourth-order valence-corrected chi connectivity index (χ4v) is 5.19. The standard InChI is InChI=1S/C25H19ClN2O7S2/c1-34-21-13-16(7-12-20(21)35-37(32,33)19-5-3-2-4-6-19)14-22-24(30)28(25(31)36-22)15-23(29)27-18-10-8-17(26)9-11-18/h2-14H,15H2,1H3,(H,27,29)/b22-14-. The number of amides is 3. The first kappa shape index (κ1) is 26.3. The number of nitrogens with zero attached hydrogens (tertiary/aromatic N) is 1. The van der Waals surface area contributed by atoms with Crippen LogP contribution in [0.3, 0.4) is 0 Å². The zero-order chi connectivity index (χ0) is 26.6. The molecule has 4 rings (SSSR count). The minimum Gasteiger partial charge on any atom is -0.493 e. The fraction of sp³-hybridized carbons (Fsp3) is 0.0800. The second kappa shape index (κ2) is 11.1. The van der Waals surface area contributed by atoms with Gasteiger partial charge < -0.3 is 14.2 Å². The Bertz CT molecular complexity index is 1490. The van der Waals surface area contributed by atoms with Gasteiger partial charge in [-0.1, -0.05) is 35.9 Å². The molecule has 0 atom stereocenters. The average Bonchev–Trinajstić information content (AvgIpc) is 3.14. The van der Waals surface area contributed by atoms with E-state index < -0.39 is 33.7 Å². The number of nitrogens with one attached hydrogen (secondary N) is 1. The van der Waals surface area contributed by atoms with Gasteiger partial charge in [0.2, 0.25) is 5.91 Å². The molecule has 37 heavy (non-hydrogen) atoms. The highest BCUT2D eigenvalue weighted by atomic mass is 35.5. The van der Waals surface area contributed by atoms with Gasteiger partial charge in [-0.3, -0.25) is 19.3 Å². The van der Waals surface area contributed by atoms with Crippen LogP contribution >= 0.6 is 23.4 Å². The van der Waals surface area contributed by atoms with Crippen LogP contribution in [0.25, 0.3) is 6.08 Å². The first-order chi connectivity index (χ1) is 17.7. The lowest BCUT2D eigenvalue weighted by Gasteiger charge is -2.12. The number of benzene rings is 3. The van der Waals surface area contributed by atoms with Crippen molar-refractivity contribution in [2.45, 2.75) is 4.90 Å². The number of methoxy groups -OCH3 is 1. The summed E-state index contributed by atoms with van der Waals surface area (Å²) in [6, 6.07) is 18.4. The number of ether oxygens (including phenoxy) is 1. The molecule has 190 valence electrons. The van der Waals surface area contributed by atoms with Crippen LogP contribution < -0.4 is 14.2 Å². The van der Waals surface area contributed by atoms with Gasteiger partial charge in [-0.05, 0) is 71.9 Å². The van der Waals surface area contributed by atoms with Crippen molar-refractivity contribution in [3.05, 3.63) is 88.3 Å². The predicted octanol–water partition coefficient (Wildman–Crippen LogP) is 4.79. The van der Waals surface area contributed by atoms with E-state index in [0.717, 1.165) is 4.90 Å². The number of anilines is 1. The fourth-order valence-electron chi connectivity index (χ4n) is 3.26. The number of imide groups is 1. The summed E-state index contributed by atoms with van der Waals surface area (Å²) in [4.78, 5) is 38.5.